The molecule has 128 valence electrons. The molecule has 0 bridgehead atoms. The van der Waals surface area contributed by atoms with Crippen LogP contribution in [0.4, 0.5) is 4.39 Å². The van der Waals surface area contributed by atoms with E-state index in [9.17, 15) is 14.3 Å². The first-order chi connectivity index (χ1) is 12.1. The van der Waals surface area contributed by atoms with Crippen LogP contribution in [-0.4, -0.2) is 29.5 Å². The van der Waals surface area contributed by atoms with Crippen LogP contribution in [0, 0.1) is 17.8 Å². The molecule has 1 fully saturated rings. The third-order valence-electron chi connectivity index (χ3n) is 5.21. The van der Waals surface area contributed by atoms with E-state index in [0.29, 0.717) is 34.6 Å². The van der Waals surface area contributed by atoms with Gasteiger partial charge in [0, 0.05) is 23.2 Å². The molecule has 6 nitrogen and oxygen atoms in total. The number of hydrogen-bond donors (Lipinski definition) is 1. The fraction of sp³-hybridized carbons (Fsp3) is 0.333. The zero-order valence-corrected chi connectivity index (χ0v) is 13.1. The van der Waals surface area contributed by atoms with E-state index in [0.717, 1.165) is 5.56 Å². The summed E-state index contributed by atoms with van der Waals surface area (Å²) in [6.45, 7) is 0.289. The molecular formula is C18H14FNO5. The van der Waals surface area contributed by atoms with Crippen LogP contribution in [-0.2, 0) is 16.0 Å². The van der Waals surface area contributed by atoms with Crippen molar-refractivity contribution in [2.45, 2.75) is 12.5 Å². The molecule has 3 atom stereocenters. The lowest BCUT2D eigenvalue weighted by molar-refractivity contribution is -0.141. The van der Waals surface area contributed by atoms with Crippen LogP contribution in [0.3, 0.4) is 0 Å². The molecule has 2 aromatic rings. The standard InChI is InChI=1S/C18H14FNO5/c19-14-2-1-8(5-20-14)15-9-3-11-12(6-23-18(11)22)16(21)10(9)4-13-17(15)25-7-24-13/h1-2,4-5,11-12,16,21H,3,6-7H2/t11-,12?,16+/m1/s1. The van der Waals surface area contributed by atoms with E-state index in [-0.39, 0.29) is 25.3 Å². The Labute approximate surface area is 142 Å². The average molecular weight is 343 g/mol. The first kappa shape index (κ1) is 14.7. The average Bonchev–Trinajstić information content (AvgIpc) is 3.22. The smallest absolute Gasteiger partial charge is 0.309 e. The lowest BCUT2D eigenvalue weighted by Gasteiger charge is -2.31. The number of ether oxygens (including phenoxy) is 3. The van der Waals surface area contributed by atoms with E-state index in [1.807, 2.05) is 0 Å². The van der Waals surface area contributed by atoms with Crippen LogP contribution in [0.25, 0.3) is 11.1 Å². The number of aromatic nitrogens is 1. The van der Waals surface area contributed by atoms with Crippen molar-refractivity contribution in [2.24, 2.45) is 11.8 Å². The summed E-state index contributed by atoms with van der Waals surface area (Å²) in [4.78, 5) is 15.8. The molecule has 7 heteroatoms. The summed E-state index contributed by atoms with van der Waals surface area (Å²) in [6.07, 6.45) is 1.01. The maximum atomic E-state index is 13.2. The van der Waals surface area contributed by atoms with Gasteiger partial charge in [-0.15, -0.1) is 0 Å². The Kier molecular flexibility index (Phi) is 3.03. The summed E-state index contributed by atoms with van der Waals surface area (Å²) in [6, 6.07) is 4.63. The zero-order chi connectivity index (χ0) is 17.1. The number of fused-ring (bicyclic) bond motifs is 3. The summed E-state index contributed by atoms with van der Waals surface area (Å²) < 4.78 is 29.5. The molecule has 5 rings (SSSR count). The van der Waals surface area contributed by atoms with Crippen molar-refractivity contribution in [1.29, 1.82) is 0 Å². The summed E-state index contributed by atoms with van der Waals surface area (Å²) in [5.41, 5.74) is 2.83. The quantitative estimate of drug-likeness (QED) is 0.630. The highest BCUT2D eigenvalue weighted by atomic mass is 19.1. The number of esters is 1. The van der Waals surface area contributed by atoms with E-state index in [1.165, 1.54) is 12.3 Å². The second-order valence-corrected chi connectivity index (χ2v) is 6.47. The van der Waals surface area contributed by atoms with E-state index >= 15 is 0 Å². The molecule has 1 aliphatic carbocycles. The number of hydrogen-bond acceptors (Lipinski definition) is 6. The van der Waals surface area contributed by atoms with Crippen LogP contribution >= 0.6 is 0 Å². The monoisotopic (exact) mass is 343 g/mol. The van der Waals surface area contributed by atoms with Gasteiger partial charge in [-0.1, -0.05) is 0 Å². The Hall–Kier alpha value is -2.67. The van der Waals surface area contributed by atoms with Gasteiger partial charge in [-0.25, -0.2) is 4.98 Å². The number of aliphatic hydroxyl groups excluding tert-OH is 1. The minimum absolute atomic E-state index is 0.0742. The molecule has 0 amide bonds. The first-order valence-electron chi connectivity index (χ1n) is 8.05. The van der Waals surface area contributed by atoms with Crippen LogP contribution in [0.15, 0.2) is 24.4 Å². The molecule has 1 unspecified atom stereocenters. The van der Waals surface area contributed by atoms with Crippen molar-refractivity contribution in [3.8, 4) is 22.6 Å². The Bertz CT molecular complexity index is 882. The van der Waals surface area contributed by atoms with Crippen molar-refractivity contribution in [1.82, 2.24) is 4.98 Å². The molecule has 0 spiro atoms. The number of aliphatic hydroxyl groups is 1. The number of carbonyl (C=O) groups excluding carboxylic acids is 1. The zero-order valence-electron chi connectivity index (χ0n) is 13.1. The number of nitrogens with zero attached hydrogens (tertiary/aromatic N) is 1. The minimum Gasteiger partial charge on any atom is -0.465 e. The molecule has 1 aromatic heterocycles. The molecule has 1 saturated heterocycles. The van der Waals surface area contributed by atoms with Gasteiger partial charge in [-0.2, -0.15) is 4.39 Å². The maximum Gasteiger partial charge on any atom is 0.309 e. The second kappa shape index (κ2) is 5.16. The van der Waals surface area contributed by atoms with E-state index < -0.39 is 18.0 Å². The number of rotatable bonds is 1. The second-order valence-electron chi connectivity index (χ2n) is 6.47. The van der Waals surface area contributed by atoms with Crippen LogP contribution in [0.5, 0.6) is 11.5 Å². The number of halogens is 1. The predicted octanol–water partition coefficient (Wildman–Crippen LogP) is 2.00. The SMILES string of the molecule is O=C1OCC2[C@H]1Cc1c(cc3c(c1-c1ccc(F)nc1)OCO3)[C@@H]2O. The molecule has 1 aromatic carbocycles. The summed E-state index contributed by atoms with van der Waals surface area (Å²) in [5.74, 6) is -0.475. The number of benzene rings is 1. The number of carbonyl (C=O) groups is 1. The van der Waals surface area contributed by atoms with Gasteiger partial charge >= 0.3 is 5.97 Å². The fourth-order valence-corrected chi connectivity index (χ4v) is 3.99. The molecule has 25 heavy (non-hydrogen) atoms. The summed E-state index contributed by atoms with van der Waals surface area (Å²) in [7, 11) is 0. The van der Waals surface area contributed by atoms with Gasteiger partial charge in [0.1, 0.15) is 0 Å². The van der Waals surface area contributed by atoms with Crippen LogP contribution < -0.4 is 9.47 Å². The van der Waals surface area contributed by atoms with Crippen LogP contribution in [0.2, 0.25) is 0 Å². The van der Waals surface area contributed by atoms with E-state index in [4.69, 9.17) is 14.2 Å². The van der Waals surface area contributed by atoms with Gasteiger partial charge < -0.3 is 19.3 Å². The van der Waals surface area contributed by atoms with Gasteiger partial charge in [0.25, 0.3) is 0 Å². The summed E-state index contributed by atoms with van der Waals surface area (Å²) >= 11 is 0. The normalized spacial score (nSPS) is 26.2. The van der Waals surface area contributed by atoms with Gasteiger partial charge in [-0.3, -0.25) is 4.79 Å². The largest absolute Gasteiger partial charge is 0.465 e. The maximum absolute atomic E-state index is 13.2. The van der Waals surface area contributed by atoms with Crippen molar-refractivity contribution >= 4 is 5.97 Å². The topological polar surface area (TPSA) is 77.9 Å². The molecule has 1 N–H and O–H groups in total. The Morgan fingerprint density at radius 2 is 2.12 bits per heavy atom. The molecule has 0 saturated carbocycles. The fourth-order valence-electron chi connectivity index (χ4n) is 3.99. The van der Waals surface area contributed by atoms with E-state index in [2.05, 4.69) is 4.98 Å². The molecule has 3 aliphatic rings. The highest BCUT2D eigenvalue weighted by Gasteiger charge is 2.47. The molecule has 0 radical (unpaired) electrons. The number of pyridine rings is 1. The molecule has 3 heterocycles. The Morgan fingerprint density at radius 3 is 2.92 bits per heavy atom. The minimum atomic E-state index is -0.832. The number of cyclic esters (lactones) is 1. The van der Waals surface area contributed by atoms with Crippen molar-refractivity contribution < 1.29 is 28.5 Å². The lowest BCUT2D eigenvalue weighted by atomic mass is 9.73. The lowest BCUT2D eigenvalue weighted by Crippen LogP contribution is -2.30. The van der Waals surface area contributed by atoms with Crippen molar-refractivity contribution in [3.63, 3.8) is 0 Å². The van der Waals surface area contributed by atoms with Crippen molar-refractivity contribution in [2.75, 3.05) is 13.4 Å². The van der Waals surface area contributed by atoms with Gasteiger partial charge in [0.05, 0.1) is 18.6 Å². The third kappa shape index (κ3) is 2.05. The summed E-state index contributed by atoms with van der Waals surface area (Å²) in [5, 5.41) is 10.8. The Balaban J connectivity index is 1.75. The van der Waals surface area contributed by atoms with Gasteiger partial charge in [0.15, 0.2) is 11.5 Å². The Morgan fingerprint density at radius 1 is 1.24 bits per heavy atom. The van der Waals surface area contributed by atoms with Crippen molar-refractivity contribution in [3.05, 3.63) is 41.5 Å². The van der Waals surface area contributed by atoms with Gasteiger partial charge in [-0.05, 0) is 35.7 Å². The molecule has 2 aliphatic heterocycles. The first-order valence-corrected chi connectivity index (χ1v) is 8.05. The van der Waals surface area contributed by atoms with Gasteiger partial charge in [0.2, 0.25) is 12.7 Å². The predicted molar refractivity (Wildman–Crippen MR) is 82.4 cm³/mol. The van der Waals surface area contributed by atoms with E-state index in [1.54, 1.807) is 12.1 Å². The third-order valence-corrected chi connectivity index (χ3v) is 5.21. The highest BCUT2D eigenvalue weighted by Crippen LogP contribution is 2.52. The highest BCUT2D eigenvalue weighted by molar-refractivity contribution is 5.82. The molecular weight excluding hydrogens is 329 g/mol. The van der Waals surface area contributed by atoms with Crippen LogP contribution in [0.1, 0.15) is 17.2 Å².